The van der Waals surface area contributed by atoms with E-state index in [1.807, 2.05) is 0 Å². The maximum atomic E-state index is 13.6. The Morgan fingerprint density at radius 1 is 0.806 bits per heavy atom. The highest BCUT2D eigenvalue weighted by Gasteiger charge is 2.39. The van der Waals surface area contributed by atoms with Crippen LogP contribution < -0.4 is 5.73 Å². The van der Waals surface area contributed by atoms with Crippen molar-refractivity contribution in [2.24, 2.45) is 0 Å². The number of hydrogen-bond acceptors (Lipinski definition) is 4. The second-order valence-electron chi connectivity index (χ2n) is 8.62. The van der Waals surface area contributed by atoms with E-state index in [0.717, 1.165) is 23.5 Å². The van der Waals surface area contributed by atoms with Crippen LogP contribution in [-0.4, -0.2) is 14.5 Å². The summed E-state index contributed by atoms with van der Waals surface area (Å²) in [6.45, 7) is 8.72. The van der Waals surface area contributed by atoms with Crippen molar-refractivity contribution in [2.45, 2.75) is 72.7 Å². The Kier molecular flexibility index (Phi) is 7.27. The van der Waals surface area contributed by atoms with Crippen molar-refractivity contribution in [2.75, 3.05) is 5.73 Å². The minimum Gasteiger partial charge on any atom is -0.398 e. The number of anilines is 1. The lowest BCUT2D eigenvalue weighted by Gasteiger charge is -2.27. The average Bonchev–Trinajstić information content (AvgIpc) is 2.52. The number of hydrogen-bond donors (Lipinski definition) is 1. The van der Waals surface area contributed by atoms with Gasteiger partial charge in [0.25, 0.3) is 0 Å². The van der Waals surface area contributed by atoms with E-state index in [-0.39, 0.29) is 21.9 Å². The first-order chi connectivity index (χ1) is 13.9. The van der Waals surface area contributed by atoms with Crippen LogP contribution in [0.3, 0.4) is 0 Å². The first-order valence-electron chi connectivity index (χ1n) is 9.30. The molecule has 172 valence electrons. The van der Waals surface area contributed by atoms with Crippen LogP contribution in [0.25, 0.3) is 0 Å². The predicted molar refractivity (Wildman–Crippen MR) is 114 cm³/mol. The molecular formula is C21H24F6N2S2. The van der Waals surface area contributed by atoms with Gasteiger partial charge in [0.1, 0.15) is 0 Å². The number of benzene rings is 1. The first-order valence-corrected chi connectivity index (χ1v) is 10.9. The number of rotatable bonds is 5. The van der Waals surface area contributed by atoms with Crippen molar-refractivity contribution in [3.05, 3.63) is 47.3 Å². The monoisotopic (exact) mass is 482 g/mol. The number of nitrogens with zero attached hydrogens (tertiary/aromatic N) is 1. The van der Waals surface area contributed by atoms with E-state index in [4.69, 9.17) is 5.73 Å². The first kappa shape index (κ1) is 25.7. The number of pyridine rings is 1. The van der Waals surface area contributed by atoms with E-state index in [9.17, 15) is 26.3 Å². The smallest absolute Gasteiger partial charge is 0.398 e. The van der Waals surface area contributed by atoms with Gasteiger partial charge >= 0.3 is 12.4 Å². The van der Waals surface area contributed by atoms with Crippen molar-refractivity contribution in [1.29, 1.82) is 0 Å². The fourth-order valence-corrected chi connectivity index (χ4v) is 5.26. The van der Waals surface area contributed by atoms with E-state index in [1.54, 1.807) is 34.6 Å². The molecule has 0 unspecified atom stereocenters. The Balaban J connectivity index is 2.37. The Bertz CT molecular complexity index is 931. The van der Waals surface area contributed by atoms with Crippen molar-refractivity contribution in [1.82, 2.24) is 4.98 Å². The molecule has 0 aliphatic rings. The van der Waals surface area contributed by atoms with Crippen molar-refractivity contribution in [3.63, 3.8) is 0 Å². The molecule has 2 N–H and O–H groups in total. The molecule has 0 atom stereocenters. The van der Waals surface area contributed by atoms with E-state index in [1.165, 1.54) is 30.3 Å². The van der Waals surface area contributed by atoms with Gasteiger partial charge in [0.15, 0.2) is 5.69 Å². The molecule has 2 nitrogen and oxygen atoms in total. The maximum absolute atomic E-state index is 13.6. The van der Waals surface area contributed by atoms with Crippen LogP contribution in [-0.2, 0) is 18.8 Å². The van der Waals surface area contributed by atoms with Crippen molar-refractivity contribution >= 4 is 29.2 Å². The third-order valence-electron chi connectivity index (χ3n) is 3.94. The molecule has 10 heteroatoms. The molecule has 0 aliphatic carbocycles. The van der Waals surface area contributed by atoms with Crippen LogP contribution >= 0.6 is 23.5 Å². The predicted octanol–water partition coefficient (Wildman–Crippen LogP) is 7.71. The summed E-state index contributed by atoms with van der Waals surface area (Å²) in [5.41, 5.74) is 3.38. The number of alkyl halides is 6. The molecule has 31 heavy (non-hydrogen) atoms. The lowest BCUT2D eigenvalue weighted by atomic mass is 10.1. The van der Waals surface area contributed by atoms with Gasteiger partial charge in [0.2, 0.25) is 0 Å². The summed E-state index contributed by atoms with van der Waals surface area (Å²) in [6.07, 6.45) is -9.25. The van der Waals surface area contributed by atoms with Crippen molar-refractivity contribution in [3.8, 4) is 0 Å². The second-order valence-corrected chi connectivity index (χ2v) is 12.2. The average molecular weight is 483 g/mol. The van der Waals surface area contributed by atoms with Gasteiger partial charge in [-0.3, -0.25) is 0 Å². The zero-order valence-corrected chi connectivity index (χ0v) is 19.3. The quantitative estimate of drug-likeness (QED) is 0.269. The Hall–Kier alpha value is -1.55. The van der Waals surface area contributed by atoms with Gasteiger partial charge in [0.05, 0.1) is 5.56 Å². The van der Waals surface area contributed by atoms with Gasteiger partial charge in [-0.15, -0.1) is 23.5 Å². The lowest BCUT2D eigenvalue weighted by Crippen LogP contribution is -2.22. The summed E-state index contributed by atoms with van der Waals surface area (Å²) in [4.78, 5) is 3.78. The third kappa shape index (κ3) is 7.24. The Morgan fingerprint density at radius 3 is 1.94 bits per heavy atom. The maximum Gasteiger partial charge on any atom is 0.434 e. The van der Waals surface area contributed by atoms with Gasteiger partial charge in [-0.1, -0.05) is 26.8 Å². The summed E-state index contributed by atoms with van der Waals surface area (Å²) in [7, 11) is 0. The Morgan fingerprint density at radius 2 is 1.42 bits per heavy atom. The minimum atomic E-state index is -4.64. The van der Waals surface area contributed by atoms with Gasteiger partial charge in [-0.25, -0.2) is 4.98 Å². The molecule has 0 aliphatic heterocycles. The third-order valence-corrected chi connectivity index (χ3v) is 6.35. The molecule has 0 saturated carbocycles. The van der Waals surface area contributed by atoms with Crippen LogP contribution in [0, 0.1) is 0 Å². The highest BCUT2D eigenvalue weighted by molar-refractivity contribution is 8.01. The molecule has 0 bridgehead atoms. The number of thioether (sulfide) groups is 2. The second kappa shape index (κ2) is 8.77. The van der Waals surface area contributed by atoms with Crippen LogP contribution in [0.15, 0.2) is 40.1 Å². The number of halogens is 6. The minimum absolute atomic E-state index is 0.0180. The molecule has 0 amide bonds. The topological polar surface area (TPSA) is 38.9 Å². The molecule has 0 spiro atoms. The summed E-state index contributed by atoms with van der Waals surface area (Å²) >= 11 is 1.97. The molecular weight excluding hydrogens is 458 g/mol. The zero-order chi connectivity index (χ0) is 23.8. The molecule has 2 aromatic rings. The molecule has 1 heterocycles. The normalized spacial score (nSPS) is 13.5. The highest BCUT2D eigenvalue weighted by atomic mass is 32.2. The van der Waals surface area contributed by atoms with Crippen LogP contribution in [0.4, 0.5) is 32.0 Å². The summed E-state index contributed by atoms with van der Waals surface area (Å²) in [6, 6.07) is 6.77. The summed E-state index contributed by atoms with van der Waals surface area (Å²) in [5, 5.41) is 0. The van der Waals surface area contributed by atoms with Gasteiger partial charge < -0.3 is 5.73 Å². The fourth-order valence-electron chi connectivity index (χ4n) is 2.91. The molecule has 2 rings (SSSR count). The van der Waals surface area contributed by atoms with Gasteiger partial charge in [-0.05, 0) is 38.1 Å². The van der Waals surface area contributed by atoms with E-state index < -0.39 is 38.8 Å². The summed E-state index contributed by atoms with van der Waals surface area (Å²) < 4.78 is 79.8. The van der Waals surface area contributed by atoms with Crippen molar-refractivity contribution < 1.29 is 26.3 Å². The van der Waals surface area contributed by atoms with Crippen LogP contribution in [0.5, 0.6) is 0 Å². The molecule has 0 saturated heterocycles. The van der Waals surface area contributed by atoms with E-state index >= 15 is 0 Å². The molecule has 1 aromatic heterocycles. The van der Waals surface area contributed by atoms with Gasteiger partial charge in [-0.2, -0.15) is 26.3 Å². The van der Waals surface area contributed by atoms with Crippen LogP contribution in [0.1, 0.15) is 51.6 Å². The van der Waals surface area contributed by atoms with E-state index in [2.05, 4.69) is 4.98 Å². The lowest BCUT2D eigenvalue weighted by molar-refractivity contribution is -0.143. The highest BCUT2D eigenvalue weighted by Crippen LogP contribution is 2.45. The SMILES string of the molecule is CC(C)(C)Sc1ccc(CC(C)(C)Sc2cccc(N)c2C(F)(F)F)nc1C(F)(F)F. The number of aromatic nitrogens is 1. The zero-order valence-electron chi connectivity index (χ0n) is 17.7. The molecule has 0 fully saturated rings. The van der Waals surface area contributed by atoms with E-state index in [0.29, 0.717) is 0 Å². The summed E-state index contributed by atoms with van der Waals surface area (Å²) in [5.74, 6) is 0. The molecule has 1 aromatic carbocycles. The van der Waals surface area contributed by atoms with Gasteiger partial charge in [0, 0.05) is 37.1 Å². The standard InChI is InChI=1S/C21H24F6N2S2/c1-18(2,3)30-15-10-9-12(29-17(15)21(25,26)27)11-19(4,5)31-14-8-6-7-13(28)16(14)20(22,23)24/h6-10H,11,28H2,1-5H3. The Labute approximate surface area is 186 Å². The number of nitrogen functional groups attached to an aromatic ring is 1. The largest absolute Gasteiger partial charge is 0.434 e. The van der Waals surface area contributed by atoms with Crippen LogP contribution in [0.2, 0.25) is 0 Å². The molecule has 0 radical (unpaired) electrons. The number of nitrogens with two attached hydrogens (primary N) is 1. The fraction of sp³-hybridized carbons (Fsp3) is 0.476.